The van der Waals surface area contributed by atoms with Crippen LogP contribution in [0.2, 0.25) is 0 Å². The summed E-state index contributed by atoms with van der Waals surface area (Å²) in [6.45, 7) is 0. The predicted molar refractivity (Wildman–Crippen MR) is 59.6 cm³/mol. The molecule has 0 bridgehead atoms. The Hall–Kier alpha value is -0.490. The van der Waals surface area contributed by atoms with Crippen molar-refractivity contribution in [3.63, 3.8) is 0 Å². The minimum Gasteiger partial charge on any atom is -0.343 e. The Kier molecular flexibility index (Phi) is 2.10. The second-order valence-electron chi connectivity index (χ2n) is 2.37. The Labute approximate surface area is 88.2 Å². The average Bonchev–Trinajstić information content (AvgIpc) is 2.07. The SMILES string of the molecule is S=c1[nH]c2ccccc2nc1I. The highest BCUT2D eigenvalue weighted by Gasteiger charge is 1.96. The third-order valence-electron chi connectivity index (χ3n) is 1.56. The van der Waals surface area contributed by atoms with Gasteiger partial charge in [-0.1, -0.05) is 24.4 Å². The Morgan fingerprint density at radius 2 is 2.08 bits per heavy atom. The van der Waals surface area contributed by atoms with Crippen LogP contribution in [-0.4, -0.2) is 9.97 Å². The molecule has 1 heterocycles. The average molecular weight is 288 g/mol. The lowest BCUT2D eigenvalue weighted by Crippen LogP contribution is -1.88. The third kappa shape index (κ3) is 1.36. The molecule has 4 heteroatoms. The molecule has 2 nitrogen and oxygen atoms in total. The van der Waals surface area contributed by atoms with E-state index in [1.807, 2.05) is 24.3 Å². The van der Waals surface area contributed by atoms with Crippen molar-refractivity contribution in [2.45, 2.75) is 0 Å². The normalized spacial score (nSPS) is 10.4. The molecule has 0 aliphatic rings. The lowest BCUT2D eigenvalue weighted by atomic mass is 10.3. The van der Waals surface area contributed by atoms with Crippen molar-refractivity contribution >= 4 is 45.8 Å². The van der Waals surface area contributed by atoms with Crippen molar-refractivity contribution in [2.75, 3.05) is 0 Å². The van der Waals surface area contributed by atoms with Gasteiger partial charge in [-0.2, -0.15) is 0 Å². The second-order valence-corrected chi connectivity index (χ2v) is 3.80. The van der Waals surface area contributed by atoms with Gasteiger partial charge in [0.15, 0.2) is 0 Å². The highest BCUT2D eigenvalue weighted by molar-refractivity contribution is 14.1. The van der Waals surface area contributed by atoms with Crippen molar-refractivity contribution in [2.24, 2.45) is 0 Å². The number of rotatable bonds is 0. The summed E-state index contributed by atoms with van der Waals surface area (Å²) in [5, 5.41) is 0. The molecule has 0 fully saturated rings. The van der Waals surface area contributed by atoms with Gasteiger partial charge in [-0.05, 0) is 34.7 Å². The van der Waals surface area contributed by atoms with Crippen LogP contribution >= 0.6 is 34.8 Å². The van der Waals surface area contributed by atoms with Crippen LogP contribution in [0, 0.1) is 8.34 Å². The summed E-state index contributed by atoms with van der Waals surface area (Å²) in [7, 11) is 0. The number of nitrogens with one attached hydrogen (secondary N) is 1. The van der Waals surface area contributed by atoms with Gasteiger partial charge in [-0.25, -0.2) is 4.98 Å². The first-order valence-corrected chi connectivity index (χ1v) is 4.90. The molecule has 1 aromatic carbocycles. The molecule has 1 N–H and O–H groups in total. The number of fused-ring (bicyclic) bond motifs is 1. The van der Waals surface area contributed by atoms with Crippen molar-refractivity contribution < 1.29 is 0 Å². The zero-order chi connectivity index (χ0) is 8.55. The van der Waals surface area contributed by atoms with Gasteiger partial charge >= 0.3 is 0 Å². The van der Waals surface area contributed by atoms with Crippen LogP contribution in [0.5, 0.6) is 0 Å². The fourth-order valence-corrected chi connectivity index (χ4v) is 1.56. The molecular formula is C8H5IN2S. The summed E-state index contributed by atoms with van der Waals surface area (Å²) in [6, 6.07) is 7.85. The Balaban J connectivity index is 2.93. The van der Waals surface area contributed by atoms with Gasteiger partial charge in [-0.3, -0.25) is 0 Å². The minimum atomic E-state index is 0.703. The van der Waals surface area contributed by atoms with E-state index >= 15 is 0 Å². The molecule has 0 unspecified atom stereocenters. The fraction of sp³-hybridized carbons (Fsp3) is 0. The number of aromatic nitrogens is 2. The lowest BCUT2D eigenvalue weighted by Gasteiger charge is -1.96. The highest BCUT2D eigenvalue weighted by atomic mass is 127. The van der Waals surface area contributed by atoms with E-state index in [2.05, 4.69) is 32.6 Å². The van der Waals surface area contributed by atoms with Crippen molar-refractivity contribution in [3.8, 4) is 0 Å². The van der Waals surface area contributed by atoms with Gasteiger partial charge in [0.05, 0.1) is 11.0 Å². The molecule has 0 saturated carbocycles. The maximum Gasteiger partial charge on any atom is 0.136 e. The van der Waals surface area contributed by atoms with Crippen LogP contribution in [0.1, 0.15) is 0 Å². The van der Waals surface area contributed by atoms with E-state index in [1.54, 1.807) is 0 Å². The van der Waals surface area contributed by atoms with Crippen molar-refractivity contribution in [1.29, 1.82) is 0 Å². The molecule has 0 amide bonds. The van der Waals surface area contributed by atoms with E-state index in [4.69, 9.17) is 12.2 Å². The quantitative estimate of drug-likeness (QED) is 0.596. The molecule has 0 spiro atoms. The summed E-state index contributed by atoms with van der Waals surface area (Å²) in [5.74, 6) is 0. The molecule has 0 saturated heterocycles. The first-order chi connectivity index (χ1) is 5.77. The maximum absolute atomic E-state index is 5.06. The fourth-order valence-electron chi connectivity index (χ4n) is 1.01. The number of nitrogens with zero attached hydrogens (tertiary/aromatic N) is 1. The summed E-state index contributed by atoms with van der Waals surface area (Å²) in [6.07, 6.45) is 0. The molecule has 12 heavy (non-hydrogen) atoms. The molecule has 0 aliphatic carbocycles. The number of para-hydroxylation sites is 2. The number of H-pyrrole nitrogens is 1. The first-order valence-electron chi connectivity index (χ1n) is 3.42. The van der Waals surface area contributed by atoms with Crippen LogP contribution in [0.25, 0.3) is 11.0 Å². The number of hydrogen-bond donors (Lipinski definition) is 1. The summed E-state index contributed by atoms with van der Waals surface area (Å²) in [4.78, 5) is 7.43. The van der Waals surface area contributed by atoms with Gasteiger partial charge in [-0.15, -0.1) is 0 Å². The smallest absolute Gasteiger partial charge is 0.136 e. The molecule has 2 aromatic rings. The van der Waals surface area contributed by atoms with E-state index in [1.165, 1.54) is 0 Å². The number of halogens is 1. The van der Waals surface area contributed by atoms with Gasteiger partial charge in [0, 0.05) is 0 Å². The number of aromatic amines is 1. The molecular weight excluding hydrogens is 283 g/mol. The molecule has 0 atom stereocenters. The maximum atomic E-state index is 5.06. The lowest BCUT2D eigenvalue weighted by molar-refractivity contribution is 1.22. The monoisotopic (exact) mass is 288 g/mol. The largest absolute Gasteiger partial charge is 0.343 e. The van der Waals surface area contributed by atoms with Crippen LogP contribution in [-0.2, 0) is 0 Å². The topological polar surface area (TPSA) is 28.7 Å². The van der Waals surface area contributed by atoms with Gasteiger partial charge < -0.3 is 4.98 Å². The van der Waals surface area contributed by atoms with Gasteiger partial charge in [0.25, 0.3) is 0 Å². The summed E-state index contributed by atoms with van der Waals surface area (Å²) >= 11 is 7.18. The van der Waals surface area contributed by atoms with E-state index in [0.717, 1.165) is 14.7 Å². The van der Waals surface area contributed by atoms with Crippen LogP contribution in [0.4, 0.5) is 0 Å². The zero-order valence-electron chi connectivity index (χ0n) is 6.04. The van der Waals surface area contributed by atoms with E-state index in [-0.39, 0.29) is 0 Å². The summed E-state index contributed by atoms with van der Waals surface area (Å²) in [5.41, 5.74) is 1.94. The number of hydrogen-bond acceptors (Lipinski definition) is 2. The van der Waals surface area contributed by atoms with Crippen molar-refractivity contribution in [1.82, 2.24) is 9.97 Å². The van der Waals surface area contributed by atoms with Crippen LogP contribution < -0.4 is 0 Å². The van der Waals surface area contributed by atoms with E-state index < -0.39 is 0 Å². The predicted octanol–water partition coefficient (Wildman–Crippen LogP) is 2.90. The molecule has 0 aliphatic heterocycles. The Morgan fingerprint density at radius 3 is 2.92 bits per heavy atom. The minimum absolute atomic E-state index is 0.703. The van der Waals surface area contributed by atoms with Gasteiger partial charge in [0.1, 0.15) is 8.34 Å². The highest BCUT2D eigenvalue weighted by Crippen LogP contribution is 2.10. The molecule has 1 aromatic heterocycles. The standard InChI is InChI=1S/C8H5IN2S/c9-7-8(12)11-6-4-2-1-3-5(6)10-7/h1-4H,(H,11,12). The van der Waals surface area contributed by atoms with E-state index in [0.29, 0.717) is 4.64 Å². The second kappa shape index (κ2) is 3.10. The molecule has 2 rings (SSSR count). The summed E-state index contributed by atoms with van der Waals surface area (Å²) < 4.78 is 1.55. The van der Waals surface area contributed by atoms with E-state index in [9.17, 15) is 0 Å². The molecule has 60 valence electrons. The molecule has 0 radical (unpaired) electrons. The zero-order valence-corrected chi connectivity index (χ0v) is 9.02. The first kappa shape index (κ1) is 8.12. The van der Waals surface area contributed by atoms with Crippen molar-refractivity contribution in [3.05, 3.63) is 32.6 Å². The van der Waals surface area contributed by atoms with Crippen LogP contribution in [0.3, 0.4) is 0 Å². The number of benzene rings is 1. The third-order valence-corrected chi connectivity index (χ3v) is 3.00. The van der Waals surface area contributed by atoms with Crippen LogP contribution in [0.15, 0.2) is 24.3 Å². The van der Waals surface area contributed by atoms with Gasteiger partial charge in [0.2, 0.25) is 0 Å². The Bertz CT molecular complexity index is 478. The Morgan fingerprint density at radius 1 is 1.33 bits per heavy atom.